The molecule has 0 bridgehead atoms. The maximum absolute atomic E-state index is 5.64. The van der Waals surface area contributed by atoms with Crippen molar-refractivity contribution < 1.29 is 9.47 Å². The van der Waals surface area contributed by atoms with E-state index in [4.69, 9.17) is 9.47 Å². The summed E-state index contributed by atoms with van der Waals surface area (Å²) in [7, 11) is 0.629. The van der Waals surface area contributed by atoms with Crippen LogP contribution >= 0.6 is 0 Å². The van der Waals surface area contributed by atoms with Gasteiger partial charge in [0.25, 0.3) is 0 Å². The van der Waals surface area contributed by atoms with Gasteiger partial charge in [-0.15, -0.1) is 0 Å². The summed E-state index contributed by atoms with van der Waals surface area (Å²) >= 11 is 0. The Balaban J connectivity index is 4.01. The van der Waals surface area contributed by atoms with Crippen LogP contribution < -0.4 is 0 Å². The summed E-state index contributed by atoms with van der Waals surface area (Å²) in [6.07, 6.45) is 4.79. The summed E-state index contributed by atoms with van der Waals surface area (Å²) in [6.45, 7) is 11.9. The van der Waals surface area contributed by atoms with E-state index in [0.717, 1.165) is 12.8 Å². The SMILES string of the molecule is CC[C@@H](OCOC)[C@H](C)C/C=C/[Si](C)(C)C. The van der Waals surface area contributed by atoms with Gasteiger partial charge in [-0.05, 0) is 18.8 Å². The van der Waals surface area contributed by atoms with E-state index in [9.17, 15) is 0 Å². The molecule has 0 amide bonds. The van der Waals surface area contributed by atoms with Crippen LogP contribution in [0, 0.1) is 5.92 Å². The van der Waals surface area contributed by atoms with Gasteiger partial charge in [-0.2, -0.15) is 0 Å². The van der Waals surface area contributed by atoms with E-state index in [1.54, 1.807) is 7.11 Å². The Hall–Kier alpha value is -0.123. The zero-order valence-corrected chi connectivity index (χ0v) is 12.7. The Morgan fingerprint density at radius 3 is 2.31 bits per heavy atom. The Bertz CT molecular complexity index is 197. The third kappa shape index (κ3) is 8.08. The quantitative estimate of drug-likeness (QED) is 0.477. The number of hydrogen-bond donors (Lipinski definition) is 0. The van der Waals surface area contributed by atoms with Crippen molar-refractivity contribution >= 4 is 8.07 Å². The Morgan fingerprint density at radius 2 is 1.88 bits per heavy atom. The average Bonchev–Trinajstić information content (AvgIpc) is 2.17. The van der Waals surface area contributed by atoms with Crippen LogP contribution in [0.5, 0.6) is 0 Å². The van der Waals surface area contributed by atoms with Gasteiger partial charge in [0.1, 0.15) is 6.79 Å². The van der Waals surface area contributed by atoms with Gasteiger partial charge in [0.2, 0.25) is 0 Å². The van der Waals surface area contributed by atoms with Crippen molar-refractivity contribution in [3.63, 3.8) is 0 Å². The second-order valence-electron chi connectivity index (χ2n) is 5.50. The molecule has 0 unspecified atom stereocenters. The molecular weight excluding hydrogens is 216 g/mol. The molecule has 3 heteroatoms. The first-order valence-corrected chi connectivity index (χ1v) is 9.76. The van der Waals surface area contributed by atoms with E-state index in [0.29, 0.717) is 18.8 Å². The molecule has 0 aliphatic heterocycles. The number of hydrogen-bond acceptors (Lipinski definition) is 2. The third-order valence-corrected chi connectivity index (χ3v) is 3.80. The fourth-order valence-electron chi connectivity index (χ4n) is 1.63. The predicted octanol–water partition coefficient (Wildman–Crippen LogP) is 3.85. The lowest BCUT2D eigenvalue weighted by Crippen LogP contribution is -2.22. The summed E-state index contributed by atoms with van der Waals surface area (Å²) < 4.78 is 10.6. The van der Waals surface area contributed by atoms with Gasteiger partial charge in [0.15, 0.2) is 0 Å². The number of ether oxygens (including phenoxy) is 2. The Labute approximate surface area is 102 Å². The molecule has 0 heterocycles. The first-order valence-electron chi connectivity index (χ1n) is 6.19. The number of methoxy groups -OCH3 is 1. The highest BCUT2D eigenvalue weighted by molar-refractivity contribution is 6.80. The molecule has 0 rings (SSSR count). The maximum Gasteiger partial charge on any atom is 0.146 e. The second kappa shape index (κ2) is 8.04. The van der Waals surface area contributed by atoms with Gasteiger partial charge in [-0.3, -0.25) is 0 Å². The van der Waals surface area contributed by atoms with Crippen molar-refractivity contribution in [2.75, 3.05) is 13.9 Å². The van der Waals surface area contributed by atoms with Crippen LogP contribution in [0.4, 0.5) is 0 Å². The van der Waals surface area contributed by atoms with Crippen molar-refractivity contribution in [2.45, 2.75) is 52.4 Å². The molecule has 2 atom stereocenters. The lowest BCUT2D eigenvalue weighted by atomic mass is 9.99. The molecule has 0 aliphatic rings. The van der Waals surface area contributed by atoms with Crippen LogP contribution in [0.3, 0.4) is 0 Å². The zero-order chi connectivity index (χ0) is 12.6. The van der Waals surface area contributed by atoms with E-state index in [2.05, 4.69) is 45.3 Å². The van der Waals surface area contributed by atoms with E-state index < -0.39 is 8.07 Å². The fraction of sp³-hybridized carbons (Fsp3) is 0.846. The molecule has 0 N–H and O–H groups in total. The summed E-state index contributed by atoms with van der Waals surface area (Å²) in [5, 5.41) is 0. The molecule has 2 nitrogen and oxygen atoms in total. The number of allylic oxidation sites excluding steroid dienone is 1. The molecule has 0 fully saturated rings. The second-order valence-corrected chi connectivity index (χ2v) is 10.6. The molecule has 16 heavy (non-hydrogen) atoms. The van der Waals surface area contributed by atoms with Crippen LogP contribution in [0.25, 0.3) is 0 Å². The molecule has 0 aromatic carbocycles. The molecule has 0 aromatic heterocycles. The normalized spacial score (nSPS) is 16.6. The minimum Gasteiger partial charge on any atom is -0.359 e. The lowest BCUT2D eigenvalue weighted by molar-refractivity contribution is -0.0893. The maximum atomic E-state index is 5.64. The average molecular weight is 244 g/mol. The van der Waals surface area contributed by atoms with Crippen LogP contribution in [0.1, 0.15) is 26.7 Å². The standard InChI is InChI=1S/C13H28O2Si/c1-7-13(15-11-14-3)12(2)9-8-10-16(4,5)6/h8,10,12-13H,7,9,11H2,1-6H3/b10-8+/t12-,13-/m1/s1. The van der Waals surface area contributed by atoms with Gasteiger partial charge in [0, 0.05) is 7.11 Å². The summed E-state index contributed by atoms with van der Waals surface area (Å²) in [5.74, 6) is 0.563. The predicted molar refractivity (Wildman–Crippen MR) is 73.3 cm³/mol. The molecule has 0 aromatic rings. The Kier molecular flexibility index (Phi) is 7.98. The van der Waals surface area contributed by atoms with Crippen LogP contribution in [0.15, 0.2) is 11.8 Å². The summed E-state index contributed by atoms with van der Waals surface area (Å²) in [6, 6.07) is 0. The van der Waals surface area contributed by atoms with Crippen LogP contribution in [-0.4, -0.2) is 28.1 Å². The first-order chi connectivity index (χ1) is 7.40. The molecule has 0 saturated heterocycles. The lowest BCUT2D eigenvalue weighted by Gasteiger charge is -2.22. The molecule has 96 valence electrons. The van der Waals surface area contributed by atoms with Crippen LogP contribution in [0.2, 0.25) is 19.6 Å². The topological polar surface area (TPSA) is 18.5 Å². The molecular formula is C13H28O2Si. The largest absolute Gasteiger partial charge is 0.359 e. The van der Waals surface area contributed by atoms with Gasteiger partial charge < -0.3 is 9.47 Å². The van der Waals surface area contributed by atoms with Gasteiger partial charge >= 0.3 is 0 Å². The highest BCUT2D eigenvalue weighted by Gasteiger charge is 2.15. The third-order valence-electron chi connectivity index (χ3n) is 2.56. The minimum atomic E-state index is -1.04. The van der Waals surface area contributed by atoms with E-state index in [1.165, 1.54) is 0 Å². The zero-order valence-electron chi connectivity index (χ0n) is 11.7. The fourth-order valence-corrected chi connectivity index (χ4v) is 2.47. The monoisotopic (exact) mass is 244 g/mol. The van der Waals surface area contributed by atoms with E-state index in [-0.39, 0.29) is 0 Å². The minimum absolute atomic E-state index is 0.311. The molecule has 0 aliphatic carbocycles. The Morgan fingerprint density at radius 1 is 1.25 bits per heavy atom. The summed E-state index contributed by atoms with van der Waals surface area (Å²) in [5.41, 5.74) is 2.41. The van der Waals surface area contributed by atoms with E-state index >= 15 is 0 Å². The molecule has 0 radical (unpaired) electrons. The molecule has 0 saturated carbocycles. The smallest absolute Gasteiger partial charge is 0.146 e. The van der Waals surface area contributed by atoms with E-state index in [1.807, 2.05) is 0 Å². The van der Waals surface area contributed by atoms with Gasteiger partial charge in [-0.1, -0.05) is 45.3 Å². The molecule has 0 spiro atoms. The van der Waals surface area contributed by atoms with Crippen LogP contribution in [-0.2, 0) is 9.47 Å². The van der Waals surface area contributed by atoms with Gasteiger partial charge in [-0.25, -0.2) is 0 Å². The van der Waals surface area contributed by atoms with Crippen molar-refractivity contribution in [1.29, 1.82) is 0 Å². The van der Waals surface area contributed by atoms with Crippen molar-refractivity contribution in [2.24, 2.45) is 5.92 Å². The number of rotatable bonds is 8. The first kappa shape index (κ1) is 15.9. The highest BCUT2D eigenvalue weighted by Crippen LogP contribution is 2.16. The summed E-state index contributed by atoms with van der Waals surface area (Å²) in [4.78, 5) is 0. The van der Waals surface area contributed by atoms with Crippen molar-refractivity contribution in [3.05, 3.63) is 11.8 Å². The highest BCUT2D eigenvalue weighted by atomic mass is 28.3. The van der Waals surface area contributed by atoms with Crippen molar-refractivity contribution in [1.82, 2.24) is 0 Å². The van der Waals surface area contributed by atoms with Crippen molar-refractivity contribution in [3.8, 4) is 0 Å². The van der Waals surface area contributed by atoms with Gasteiger partial charge in [0.05, 0.1) is 14.2 Å².